The number of hydrogen-bond donors (Lipinski definition) is 0. The van der Waals surface area contributed by atoms with Gasteiger partial charge in [0.15, 0.2) is 11.5 Å². The molecular weight excluding hydrogens is 482 g/mol. The molecule has 0 atom stereocenters. The third-order valence-electron chi connectivity index (χ3n) is 4.84. The van der Waals surface area contributed by atoms with Crippen LogP contribution in [0.25, 0.3) is 10.9 Å². The predicted octanol–water partition coefficient (Wildman–Crippen LogP) is 6.08. The third-order valence-corrected chi connectivity index (χ3v) is 5.34. The zero-order chi connectivity index (χ0) is 24.1. The van der Waals surface area contributed by atoms with Gasteiger partial charge < -0.3 is 9.47 Å². The molecule has 6 nitrogen and oxygen atoms in total. The molecule has 0 spiro atoms. The highest BCUT2D eigenvalue weighted by Gasteiger charge is 2.16. The first kappa shape index (κ1) is 24.7. The van der Waals surface area contributed by atoms with Gasteiger partial charge >= 0.3 is 0 Å². The Morgan fingerprint density at radius 1 is 1.21 bits per heavy atom. The van der Waals surface area contributed by atoms with Crippen molar-refractivity contribution in [1.29, 1.82) is 0 Å². The van der Waals surface area contributed by atoms with Gasteiger partial charge in [-0.1, -0.05) is 35.9 Å². The minimum Gasteiger partial charge on any atom is -0.490 e. The summed E-state index contributed by atoms with van der Waals surface area (Å²) < 4.78 is 14.1. The van der Waals surface area contributed by atoms with Crippen LogP contribution in [0, 0.1) is 0 Å². The minimum absolute atomic E-state index is 0.00228. The second-order valence-electron chi connectivity index (χ2n) is 8.25. The van der Waals surface area contributed by atoms with Gasteiger partial charge in [-0.25, -0.2) is 4.98 Å². The van der Waals surface area contributed by atoms with Gasteiger partial charge in [-0.2, -0.15) is 9.78 Å². The topological polar surface area (TPSA) is 65.7 Å². The average molecular weight is 512 g/mol. The summed E-state index contributed by atoms with van der Waals surface area (Å²) in [5.41, 5.74) is 2.18. The molecule has 3 rings (SSSR count). The summed E-state index contributed by atoms with van der Waals surface area (Å²) in [6, 6.07) is 9.35. The van der Waals surface area contributed by atoms with Gasteiger partial charge in [-0.3, -0.25) is 4.79 Å². The first-order valence-corrected chi connectivity index (χ1v) is 11.9. The number of fused-ring (bicyclic) bond motifs is 1. The molecule has 0 unspecified atom stereocenters. The minimum atomic E-state index is -0.211. The highest BCUT2D eigenvalue weighted by Crippen LogP contribution is 2.34. The fourth-order valence-corrected chi connectivity index (χ4v) is 3.83. The van der Waals surface area contributed by atoms with Crippen LogP contribution in [0.4, 0.5) is 0 Å². The number of benzene rings is 2. The molecule has 1 aromatic heterocycles. The fourth-order valence-electron chi connectivity index (χ4n) is 3.47. The number of ether oxygens (including phenoxy) is 2. The lowest BCUT2D eigenvalue weighted by atomic mass is 10.1. The zero-order valence-corrected chi connectivity index (χ0v) is 21.3. The summed E-state index contributed by atoms with van der Waals surface area (Å²) in [5, 5.41) is 5.06. The molecule has 0 saturated carbocycles. The Morgan fingerprint density at radius 2 is 1.97 bits per heavy atom. The third kappa shape index (κ3) is 5.71. The van der Waals surface area contributed by atoms with Crippen molar-refractivity contribution >= 4 is 33.0 Å². The summed E-state index contributed by atoms with van der Waals surface area (Å²) in [5.74, 6) is 1.97. The van der Waals surface area contributed by atoms with Crippen LogP contribution in [0.1, 0.15) is 57.5 Å². The first-order valence-electron chi connectivity index (χ1n) is 11.1. The van der Waals surface area contributed by atoms with E-state index >= 15 is 0 Å². The Balaban J connectivity index is 2.16. The Bertz CT molecular complexity index is 1250. The molecule has 7 heteroatoms. The van der Waals surface area contributed by atoms with Crippen LogP contribution in [-0.4, -0.2) is 28.6 Å². The van der Waals surface area contributed by atoms with Crippen molar-refractivity contribution in [2.75, 3.05) is 6.61 Å². The summed E-state index contributed by atoms with van der Waals surface area (Å²) >= 11 is 3.44. The lowest BCUT2D eigenvalue weighted by Gasteiger charge is -2.18. The maximum Gasteiger partial charge on any atom is 0.282 e. The monoisotopic (exact) mass is 511 g/mol. The van der Waals surface area contributed by atoms with Crippen LogP contribution in [-0.2, 0) is 6.42 Å². The van der Waals surface area contributed by atoms with Crippen molar-refractivity contribution in [1.82, 2.24) is 9.66 Å². The second kappa shape index (κ2) is 10.8. The van der Waals surface area contributed by atoms with Gasteiger partial charge in [0.2, 0.25) is 0 Å². The predicted molar refractivity (Wildman–Crippen MR) is 138 cm³/mol. The highest BCUT2D eigenvalue weighted by atomic mass is 79.9. The molecule has 0 N–H and O–H groups in total. The zero-order valence-electron chi connectivity index (χ0n) is 19.8. The molecule has 0 aliphatic heterocycles. The maximum atomic E-state index is 13.3. The average Bonchev–Trinajstić information content (AvgIpc) is 2.75. The maximum absolute atomic E-state index is 13.3. The van der Waals surface area contributed by atoms with Crippen molar-refractivity contribution in [3.63, 3.8) is 0 Å². The van der Waals surface area contributed by atoms with E-state index in [0.717, 1.165) is 15.6 Å². The van der Waals surface area contributed by atoms with E-state index < -0.39 is 0 Å². The quantitative estimate of drug-likeness (QED) is 0.258. The highest BCUT2D eigenvalue weighted by molar-refractivity contribution is 9.10. The number of nitrogens with zero attached hydrogens (tertiary/aromatic N) is 3. The number of rotatable bonds is 9. The summed E-state index contributed by atoms with van der Waals surface area (Å²) in [6.07, 6.45) is 4.10. The van der Waals surface area contributed by atoms with Gasteiger partial charge in [-0.05, 0) is 63.1 Å². The van der Waals surface area contributed by atoms with Gasteiger partial charge in [0.25, 0.3) is 5.56 Å². The molecule has 0 bridgehead atoms. The molecule has 1 heterocycles. The Hall–Kier alpha value is -2.93. The van der Waals surface area contributed by atoms with Gasteiger partial charge in [-0.15, -0.1) is 6.58 Å². The molecular formula is C26H30BrN3O3. The van der Waals surface area contributed by atoms with Crippen molar-refractivity contribution in [2.24, 2.45) is 5.10 Å². The standard InChI is InChI=1S/C26H30BrN3O3/c1-7-9-19-12-18(13-23(32-8-2)24(19)33-17(5)6)15-28-30-25(16(3)4)29-22-11-10-20(27)14-21(22)26(30)31/h7,10-17H,1,8-9H2,2-6H3. The summed E-state index contributed by atoms with van der Waals surface area (Å²) in [7, 11) is 0. The Morgan fingerprint density at radius 3 is 2.61 bits per heavy atom. The van der Waals surface area contributed by atoms with Gasteiger partial charge in [0.1, 0.15) is 5.82 Å². The Kier molecular flexibility index (Phi) is 8.08. The van der Waals surface area contributed by atoms with E-state index in [1.807, 2.05) is 65.0 Å². The van der Waals surface area contributed by atoms with Crippen molar-refractivity contribution in [3.8, 4) is 11.5 Å². The van der Waals surface area contributed by atoms with Crippen LogP contribution < -0.4 is 15.0 Å². The fraction of sp³-hybridized carbons (Fsp3) is 0.346. The molecule has 3 aromatic rings. The van der Waals surface area contributed by atoms with Crippen LogP contribution in [0.5, 0.6) is 11.5 Å². The van der Waals surface area contributed by atoms with Crippen molar-refractivity contribution < 1.29 is 9.47 Å². The van der Waals surface area contributed by atoms with Gasteiger partial charge in [0, 0.05) is 16.0 Å². The number of halogens is 1. The number of allylic oxidation sites excluding steroid dienone is 1. The van der Waals surface area contributed by atoms with E-state index in [2.05, 4.69) is 27.6 Å². The van der Waals surface area contributed by atoms with Crippen LogP contribution in [0.2, 0.25) is 0 Å². The SMILES string of the molecule is C=CCc1cc(C=Nn2c(C(C)C)nc3ccc(Br)cc3c2=O)cc(OCC)c1OC(C)C. The normalized spacial score (nSPS) is 11.6. The van der Waals surface area contributed by atoms with E-state index in [9.17, 15) is 4.79 Å². The van der Waals surface area contributed by atoms with E-state index in [0.29, 0.717) is 41.3 Å². The second-order valence-corrected chi connectivity index (χ2v) is 9.16. The van der Waals surface area contributed by atoms with Crippen LogP contribution >= 0.6 is 15.9 Å². The molecule has 2 aromatic carbocycles. The molecule has 0 amide bonds. The lowest BCUT2D eigenvalue weighted by molar-refractivity contribution is 0.222. The van der Waals surface area contributed by atoms with Crippen molar-refractivity contribution in [3.05, 3.63) is 74.8 Å². The van der Waals surface area contributed by atoms with E-state index in [-0.39, 0.29) is 17.6 Å². The molecule has 0 fully saturated rings. The Labute approximate surface area is 203 Å². The molecule has 33 heavy (non-hydrogen) atoms. The lowest BCUT2D eigenvalue weighted by Crippen LogP contribution is -2.23. The van der Waals surface area contributed by atoms with E-state index in [4.69, 9.17) is 14.5 Å². The van der Waals surface area contributed by atoms with Crippen LogP contribution in [0.3, 0.4) is 0 Å². The van der Waals surface area contributed by atoms with E-state index in [1.165, 1.54) is 4.68 Å². The molecule has 174 valence electrons. The molecule has 0 aliphatic carbocycles. The molecule has 0 aliphatic rings. The number of hydrogen-bond acceptors (Lipinski definition) is 5. The largest absolute Gasteiger partial charge is 0.490 e. The smallest absolute Gasteiger partial charge is 0.282 e. The van der Waals surface area contributed by atoms with E-state index in [1.54, 1.807) is 12.3 Å². The van der Waals surface area contributed by atoms with Crippen molar-refractivity contribution in [2.45, 2.75) is 53.1 Å². The first-order chi connectivity index (χ1) is 15.7. The molecule has 0 radical (unpaired) electrons. The van der Waals surface area contributed by atoms with Crippen LogP contribution in [0.15, 0.2) is 57.4 Å². The molecule has 0 saturated heterocycles. The summed E-state index contributed by atoms with van der Waals surface area (Å²) in [4.78, 5) is 18.0. The summed E-state index contributed by atoms with van der Waals surface area (Å²) in [6.45, 7) is 14.2. The van der Waals surface area contributed by atoms with Gasteiger partial charge in [0.05, 0.1) is 29.8 Å². The number of aromatic nitrogens is 2.